The second-order valence-electron chi connectivity index (χ2n) is 8.39. The maximum atomic E-state index is 11.8. The molecule has 3 rings (SSSR count). The number of hydrogen-bond donors (Lipinski definition) is 2. The van der Waals surface area contributed by atoms with Crippen LogP contribution in [0.4, 0.5) is 0 Å². The highest BCUT2D eigenvalue weighted by atomic mass is 16.5. The van der Waals surface area contributed by atoms with Crippen LogP contribution >= 0.6 is 0 Å². The monoisotopic (exact) mass is 358 g/mol. The minimum Gasteiger partial charge on any atom is -0.508 e. The summed E-state index contributed by atoms with van der Waals surface area (Å²) in [6, 6.07) is 3.51. The number of fused-ring (bicyclic) bond motifs is 3. The smallest absolute Gasteiger partial charge is 0.310 e. The van der Waals surface area contributed by atoms with Crippen molar-refractivity contribution in [2.75, 3.05) is 0 Å². The minimum absolute atomic E-state index is 0.181. The quantitative estimate of drug-likeness (QED) is 0.695. The second-order valence-corrected chi connectivity index (χ2v) is 8.39. The van der Waals surface area contributed by atoms with Gasteiger partial charge in [0.2, 0.25) is 0 Å². The van der Waals surface area contributed by atoms with E-state index >= 15 is 0 Å². The summed E-state index contributed by atoms with van der Waals surface area (Å²) in [4.78, 5) is 11.8. The van der Waals surface area contributed by atoms with Gasteiger partial charge in [-0.25, -0.2) is 0 Å². The van der Waals surface area contributed by atoms with Crippen LogP contribution in [-0.4, -0.2) is 21.8 Å². The Labute approximate surface area is 155 Å². The summed E-state index contributed by atoms with van der Waals surface area (Å²) in [5.41, 5.74) is 2.48. The van der Waals surface area contributed by atoms with Crippen LogP contribution in [0, 0.1) is 5.92 Å². The lowest BCUT2D eigenvalue weighted by molar-refractivity contribution is -0.139. The average molecular weight is 358 g/mol. The topological polar surface area (TPSA) is 66.8 Å². The predicted octanol–water partition coefficient (Wildman–Crippen LogP) is 5.36. The number of carboxylic acid groups (broad SMARTS) is 1. The lowest BCUT2D eigenvalue weighted by atomic mass is 9.67. The zero-order chi connectivity index (χ0) is 19.1. The number of aromatic hydroxyl groups is 1. The van der Waals surface area contributed by atoms with Crippen LogP contribution in [0.3, 0.4) is 0 Å². The number of carbonyl (C=O) groups is 1. The van der Waals surface area contributed by atoms with Crippen LogP contribution in [0.25, 0.3) is 0 Å². The molecule has 2 aliphatic rings. The van der Waals surface area contributed by atoms with Gasteiger partial charge in [0.15, 0.2) is 0 Å². The fraction of sp³-hybridized carbons (Fsp3) is 0.591. The molecule has 0 amide bonds. The third-order valence-corrected chi connectivity index (χ3v) is 6.07. The Kier molecular flexibility index (Phi) is 5.05. The van der Waals surface area contributed by atoms with Gasteiger partial charge in [0.1, 0.15) is 17.1 Å². The number of phenols is 1. The summed E-state index contributed by atoms with van der Waals surface area (Å²) in [6.07, 6.45) is 6.48. The van der Waals surface area contributed by atoms with Crippen molar-refractivity contribution < 1.29 is 19.7 Å². The van der Waals surface area contributed by atoms with Crippen LogP contribution in [0.5, 0.6) is 11.5 Å². The van der Waals surface area contributed by atoms with E-state index < -0.39 is 11.9 Å². The average Bonchev–Trinajstić information content (AvgIpc) is 2.53. The third-order valence-electron chi connectivity index (χ3n) is 6.07. The summed E-state index contributed by atoms with van der Waals surface area (Å²) < 4.78 is 6.30. The zero-order valence-corrected chi connectivity index (χ0v) is 16.2. The minimum atomic E-state index is -0.845. The molecule has 4 nitrogen and oxygen atoms in total. The van der Waals surface area contributed by atoms with Crippen molar-refractivity contribution in [1.29, 1.82) is 0 Å². The first-order chi connectivity index (χ1) is 12.2. The van der Waals surface area contributed by atoms with Crippen molar-refractivity contribution in [2.24, 2.45) is 5.92 Å². The Bertz CT molecular complexity index is 732. The third kappa shape index (κ3) is 3.34. The summed E-state index contributed by atoms with van der Waals surface area (Å²) in [5, 5.41) is 20.4. The first kappa shape index (κ1) is 18.8. The van der Waals surface area contributed by atoms with Crippen molar-refractivity contribution in [3.05, 3.63) is 34.9 Å². The van der Waals surface area contributed by atoms with E-state index in [1.807, 2.05) is 13.0 Å². The number of unbranched alkanes of at least 4 members (excludes halogenated alkanes) is 1. The van der Waals surface area contributed by atoms with E-state index in [2.05, 4.69) is 26.8 Å². The molecule has 1 heterocycles. The highest BCUT2D eigenvalue weighted by Gasteiger charge is 2.46. The molecular formula is C22H30O4. The number of phenolic OH excluding ortho intramolecular Hbond substituents is 1. The molecule has 142 valence electrons. The lowest BCUT2D eigenvalue weighted by Crippen LogP contribution is -2.45. The standard InChI is InChI=1S/C22H30O4/c1-5-6-7-15(21(24)25)14-11-18(23)20-16-10-13(2)8-9-17(16)22(3,4)26-19(20)12-14/h8,11-12,15-17,23H,5-7,9-10H2,1-4H3,(H,24,25)/t15?,16-,17-/m1/s1. The van der Waals surface area contributed by atoms with Crippen LogP contribution in [0.1, 0.15) is 82.8 Å². The van der Waals surface area contributed by atoms with E-state index in [9.17, 15) is 15.0 Å². The van der Waals surface area contributed by atoms with Crippen LogP contribution < -0.4 is 4.74 Å². The maximum Gasteiger partial charge on any atom is 0.310 e. The molecular weight excluding hydrogens is 328 g/mol. The SMILES string of the molecule is CCCCC(C(=O)O)c1cc(O)c2c(c1)OC(C)(C)[C@@H]1CC=C(C)C[C@@H]21. The molecule has 0 saturated carbocycles. The van der Waals surface area contributed by atoms with E-state index in [4.69, 9.17) is 4.74 Å². The molecule has 1 unspecified atom stereocenters. The number of allylic oxidation sites excluding steroid dienone is 2. The first-order valence-corrected chi connectivity index (χ1v) is 9.68. The van der Waals surface area contributed by atoms with E-state index in [0.29, 0.717) is 23.7 Å². The number of aliphatic carboxylic acids is 1. The van der Waals surface area contributed by atoms with E-state index in [0.717, 1.165) is 31.2 Å². The molecule has 3 atom stereocenters. The van der Waals surface area contributed by atoms with Crippen LogP contribution in [-0.2, 0) is 4.79 Å². The van der Waals surface area contributed by atoms with Crippen molar-refractivity contribution in [1.82, 2.24) is 0 Å². The number of hydrogen-bond acceptors (Lipinski definition) is 3. The Morgan fingerprint density at radius 3 is 2.77 bits per heavy atom. The van der Waals surface area contributed by atoms with Gasteiger partial charge in [-0.15, -0.1) is 0 Å². The molecule has 2 N–H and O–H groups in total. The molecule has 1 aromatic rings. The summed E-state index contributed by atoms with van der Waals surface area (Å²) >= 11 is 0. The van der Waals surface area contributed by atoms with Gasteiger partial charge in [-0.1, -0.05) is 31.4 Å². The molecule has 4 heteroatoms. The summed E-state index contributed by atoms with van der Waals surface area (Å²) in [5.74, 6) is -0.0903. The molecule has 1 aliphatic carbocycles. The number of benzene rings is 1. The number of carboxylic acids is 1. The summed E-state index contributed by atoms with van der Waals surface area (Å²) in [7, 11) is 0. The van der Waals surface area contributed by atoms with Gasteiger partial charge >= 0.3 is 5.97 Å². The lowest BCUT2D eigenvalue weighted by Gasteiger charge is -2.47. The predicted molar refractivity (Wildman–Crippen MR) is 102 cm³/mol. The molecule has 0 saturated heterocycles. The van der Waals surface area contributed by atoms with Crippen molar-refractivity contribution >= 4 is 5.97 Å². The Balaban J connectivity index is 2.05. The molecule has 1 aliphatic heterocycles. The fourth-order valence-corrected chi connectivity index (χ4v) is 4.63. The van der Waals surface area contributed by atoms with Gasteiger partial charge < -0.3 is 14.9 Å². The van der Waals surface area contributed by atoms with Crippen LogP contribution in [0.2, 0.25) is 0 Å². The Morgan fingerprint density at radius 2 is 2.12 bits per heavy atom. The highest BCUT2D eigenvalue weighted by Crippen LogP contribution is 2.54. The molecule has 0 bridgehead atoms. The van der Waals surface area contributed by atoms with Gasteiger partial charge in [0, 0.05) is 17.4 Å². The highest BCUT2D eigenvalue weighted by molar-refractivity contribution is 5.77. The van der Waals surface area contributed by atoms with Gasteiger partial charge in [-0.3, -0.25) is 4.79 Å². The largest absolute Gasteiger partial charge is 0.508 e. The van der Waals surface area contributed by atoms with E-state index in [1.54, 1.807) is 6.07 Å². The van der Waals surface area contributed by atoms with E-state index in [1.165, 1.54) is 5.57 Å². The van der Waals surface area contributed by atoms with Gasteiger partial charge in [-0.05, 0) is 57.7 Å². The van der Waals surface area contributed by atoms with Gasteiger partial charge in [0.05, 0.1) is 5.92 Å². The molecule has 0 radical (unpaired) electrons. The van der Waals surface area contributed by atoms with Crippen molar-refractivity contribution in [3.63, 3.8) is 0 Å². The Morgan fingerprint density at radius 1 is 1.38 bits per heavy atom. The Hall–Kier alpha value is -1.97. The summed E-state index contributed by atoms with van der Waals surface area (Å²) in [6.45, 7) is 8.37. The zero-order valence-electron chi connectivity index (χ0n) is 16.2. The first-order valence-electron chi connectivity index (χ1n) is 9.68. The van der Waals surface area contributed by atoms with E-state index in [-0.39, 0.29) is 17.3 Å². The second kappa shape index (κ2) is 6.98. The molecule has 0 aromatic heterocycles. The number of ether oxygens (including phenoxy) is 1. The molecule has 0 spiro atoms. The molecule has 1 aromatic carbocycles. The fourth-order valence-electron chi connectivity index (χ4n) is 4.63. The van der Waals surface area contributed by atoms with Crippen molar-refractivity contribution in [3.8, 4) is 11.5 Å². The molecule has 26 heavy (non-hydrogen) atoms. The van der Waals surface area contributed by atoms with Gasteiger partial charge in [0.25, 0.3) is 0 Å². The normalized spacial score (nSPS) is 24.7. The van der Waals surface area contributed by atoms with Crippen molar-refractivity contribution in [2.45, 2.75) is 77.2 Å². The maximum absolute atomic E-state index is 11.8. The molecule has 0 fully saturated rings. The number of rotatable bonds is 5. The van der Waals surface area contributed by atoms with Gasteiger partial charge in [-0.2, -0.15) is 0 Å². The van der Waals surface area contributed by atoms with Crippen LogP contribution in [0.15, 0.2) is 23.8 Å².